The van der Waals surface area contributed by atoms with Crippen molar-refractivity contribution in [3.05, 3.63) is 112 Å². The fourth-order valence-electron chi connectivity index (χ4n) is 3.19. The number of carbonyl (C=O) groups excluding carboxylic acids is 1. The number of carbonyl (C=O) groups is 1. The summed E-state index contributed by atoms with van der Waals surface area (Å²) in [7, 11) is 0. The van der Waals surface area contributed by atoms with Gasteiger partial charge in [0.1, 0.15) is 0 Å². The first-order valence-electron chi connectivity index (χ1n) is 9.23. The first-order valence-corrected chi connectivity index (χ1v) is 9.23. The SMILES string of the molecule is O=C(CC(c1ccccc1)c1ccccc1)NCCc1ccc([N+](=O)[O-])cc1. The van der Waals surface area contributed by atoms with E-state index in [1.54, 1.807) is 12.1 Å². The van der Waals surface area contributed by atoms with E-state index in [9.17, 15) is 14.9 Å². The van der Waals surface area contributed by atoms with Crippen LogP contribution >= 0.6 is 0 Å². The van der Waals surface area contributed by atoms with Gasteiger partial charge in [-0.1, -0.05) is 72.8 Å². The molecular formula is C23H22N2O3. The highest BCUT2D eigenvalue weighted by molar-refractivity contribution is 5.77. The van der Waals surface area contributed by atoms with Gasteiger partial charge in [0.25, 0.3) is 5.69 Å². The van der Waals surface area contributed by atoms with Gasteiger partial charge >= 0.3 is 0 Å². The van der Waals surface area contributed by atoms with Gasteiger partial charge in [0, 0.05) is 31.0 Å². The van der Waals surface area contributed by atoms with Gasteiger partial charge < -0.3 is 5.32 Å². The molecule has 0 bridgehead atoms. The van der Waals surface area contributed by atoms with Gasteiger partial charge in [-0.3, -0.25) is 14.9 Å². The van der Waals surface area contributed by atoms with Crippen LogP contribution in [0.25, 0.3) is 0 Å². The van der Waals surface area contributed by atoms with Gasteiger partial charge in [0.05, 0.1) is 4.92 Å². The maximum absolute atomic E-state index is 12.5. The van der Waals surface area contributed by atoms with Crippen LogP contribution < -0.4 is 5.32 Å². The first-order chi connectivity index (χ1) is 13.6. The summed E-state index contributed by atoms with van der Waals surface area (Å²) in [5.74, 6) is -0.0126. The van der Waals surface area contributed by atoms with Gasteiger partial charge in [-0.15, -0.1) is 0 Å². The number of non-ortho nitro benzene ring substituents is 1. The Kier molecular flexibility index (Phi) is 6.52. The summed E-state index contributed by atoms with van der Waals surface area (Å²) >= 11 is 0. The zero-order valence-electron chi connectivity index (χ0n) is 15.5. The van der Waals surface area contributed by atoms with Gasteiger partial charge in [0.15, 0.2) is 0 Å². The average Bonchev–Trinajstić information content (AvgIpc) is 2.73. The number of hydrogen-bond donors (Lipinski definition) is 1. The van der Waals surface area contributed by atoms with Crippen LogP contribution in [0.1, 0.15) is 29.0 Å². The molecule has 0 heterocycles. The van der Waals surface area contributed by atoms with Gasteiger partial charge in [0.2, 0.25) is 5.91 Å². The van der Waals surface area contributed by atoms with Crippen LogP contribution in [0.5, 0.6) is 0 Å². The molecule has 142 valence electrons. The van der Waals surface area contributed by atoms with Crippen molar-refractivity contribution in [3.63, 3.8) is 0 Å². The average molecular weight is 374 g/mol. The van der Waals surface area contributed by atoms with E-state index in [2.05, 4.69) is 5.32 Å². The van der Waals surface area contributed by atoms with E-state index in [1.165, 1.54) is 12.1 Å². The highest BCUT2D eigenvalue weighted by atomic mass is 16.6. The van der Waals surface area contributed by atoms with Crippen LogP contribution in [0.15, 0.2) is 84.9 Å². The number of nitro benzene ring substituents is 1. The van der Waals surface area contributed by atoms with Crippen LogP contribution in [0, 0.1) is 10.1 Å². The molecule has 0 radical (unpaired) electrons. The molecule has 3 aromatic carbocycles. The third-order valence-corrected chi connectivity index (χ3v) is 4.68. The van der Waals surface area contributed by atoms with E-state index in [1.807, 2.05) is 60.7 Å². The van der Waals surface area contributed by atoms with Crippen molar-refractivity contribution in [2.24, 2.45) is 0 Å². The van der Waals surface area contributed by atoms with Crippen molar-refractivity contribution in [3.8, 4) is 0 Å². The summed E-state index contributed by atoms with van der Waals surface area (Å²) < 4.78 is 0. The van der Waals surface area contributed by atoms with E-state index < -0.39 is 4.92 Å². The Morgan fingerprint density at radius 3 is 1.89 bits per heavy atom. The molecule has 28 heavy (non-hydrogen) atoms. The minimum atomic E-state index is -0.418. The second-order valence-corrected chi connectivity index (χ2v) is 6.60. The fraction of sp³-hybridized carbons (Fsp3) is 0.174. The lowest BCUT2D eigenvalue weighted by Gasteiger charge is -2.18. The molecule has 0 saturated heterocycles. The van der Waals surface area contributed by atoms with Crippen molar-refractivity contribution in [2.45, 2.75) is 18.8 Å². The number of nitrogens with zero attached hydrogens (tertiary/aromatic N) is 1. The Morgan fingerprint density at radius 1 is 0.857 bits per heavy atom. The quantitative estimate of drug-likeness (QED) is 0.467. The molecule has 0 unspecified atom stereocenters. The van der Waals surface area contributed by atoms with Crippen LogP contribution in [0.3, 0.4) is 0 Å². The molecule has 5 heteroatoms. The second-order valence-electron chi connectivity index (χ2n) is 6.60. The third kappa shape index (κ3) is 5.27. The molecule has 3 rings (SSSR count). The zero-order valence-corrected chi connectivity index (χ0v) is 15.5. The largest absolute Gasteiger partial charge is 0.356 e. The molecule has 0 fully saturated rings. The Labute approximate surface area is 164 Å². The van der Waals surface area contributed by atoms with Gasteiger partial charge in [-0.2, -0.15) is 0 Å². The van der Waals surface area contributed by atoms with Crippen molar-refractivity contribution in [2.75, 3.05) is 6.54 Å². The molecule has 5 nitrogen and oxygen atoms in total. The Balaban J connectivity index is 1.59. The molecule has 0 aromatic heterocycles. The molecular weight excluding hydrogens is 352 g/mol. The topological polar surface area (TPSA) is 72.2 Å². The molecule has 0 saturated carbocycles. The fourth-order valence-corrected chi connectivity index (χ4v) is 3.19. The Bertz CT molecular complexity index is 870. The first kappa shape index (κ1) is 19.3. The minimum Gasteiger partial charge on any atom is -0.356 e. The number of nitrogens with one attached hydrogen (secondary N) is 1. The smallest absolute Gasteiger partial charge is 0.269 e. The number of rotatable bonds is 8. The predicted octanol–water partition coefficient (Wildman–Crippen LogP) is 4.48. The number of nitro groups is 1. The van der Waals surface area contributed by atoms with Crippen molar-refractivity contribution in [1.29, 1.82) is 0 Å². The van der Waals surface area contributed by atoms with Crippen molar-refractivity contribution >= 4 is 11.6 Å². The summed E-state index contributed by atoms with van der Waals surface area (Å²) in [6.07, 6.45) is 0.999. The molecule has 0 aliphatic carbocycles. The summed E-state index contributed by atoms with van der Waals surface area (Å²) in [5.41, 5.74) is 3.24. The number of amides is 1. The molecule has 1 amide bonds. The Hall–Kier alpha value is -3.47. The summed E-state index contributed by atoms with van der Waals surface area (Å²) in [4.78, 5) is 22.8. The van der Waals surface area contributed by atoms with Crippen LogP contribution in [0.4, 0.5) is 5.69 Å². The monoisotopic (exact) mass is 374 g/mol. The van der Waals surface area contributed by atoms with E-state index in [-0.39, 0.29) is 17.5 Å². The number of hydrogen-bond acceptors (Lipinski definition) is 3. The van der Waals surface area contributed by atoms with Gasteiger partial charge in [-0.05, 0) is 23.1 Å². The summed E-state index contributed by atoms with van der Waals surface area (Å²) in [5, 5.41) is 13.7. The third-order valence-electron chi connectivity index (χ3n) is 4.68. The lowest BCUT2D eigenvalue weighted by atomic mass is 9.88. The van der Waals surface area contributed by atoms with Crippen LogP contribution in [-0.2, 0) is 11.2 Å². The van der Waals surface area contributed by atoms with Crippen molar-refractivity contribution < 1.29 is 9.72 Å². The van der Waals surface area contributed by atoms with Gasteiger partial charge in [-0.25, -0.2) is 0 Å². The molecule has 0 aliphatic rings. The summed E-state index contributed by atoms with van der Waals surface area (Å²) in [6, 6.07) is 26.5. The maximum Gasteiger partial charge on any atom is 0.269 e. The standard InChI is InChI=1S/C23H22N2O3/c26-23(24-16-15-18-11-13-21(14-12-18)25(27)28)17-22(19-7-3-1-4-8-19)20-9-5-2-6-10-20/h1-14,22H,15-17H2,(H,24,26). The normalized spacial score (nSPS) is 10.6. The van der Waals surface area contributed by atoms with E-state index in [0.29, 0.717) is 19.4 Å². The predicted molar refractivity (Wildman–Crippen MR) is 109 cm³/mol. The molecule has 0 spiro atoms. The van der Waals surface area contributed by atoms with E-state index in [4.69, 9.17) is 0 Å². The maximum atomic E-state index is 12.5. The van der Waals surface area contributed by atoms with Crippen molar-refractivity contribution in [1.82, 2.24) is 5.32 Å². The molecule has 1 N–H and O–H groups in total. The highest BCUT2D eigenvalue weighted by Gasteiger charge is 2.17. The Morgan fingerprint density at radius 2 is 1.39 bits per heavy atom. The second kappa shape index (κ2) is 9.46. The molecule has 0 atom stereocenters. The lowest BCUT2D eigenvalue weighted by Crippen LogP contribution is -2.27. The molecule has 3 aromatic rings. The van der Waals surface area contributed by atoms with E-state index in [0.717, 1.165) is 16.7 Å². The number of benzene rings is 3. The van der Waals surface area contributed by atoms with Crippen LogP contribution in [0.2, 0.25) is 0 Å². The minimum absolute atomic E-state index is 0.00164. The van der Waals surface area contributed by atoms with Crippen LogP contribution in [-0.4, -0.2) is 17.4 Å². The molecule has 0 aliphatic heterocycles. The van der Waals surface area contributed by atoms with E-state index >= 15 is 0 Å². The lowest BCUT2D eigenvalue weighted by molar-refractivity contribution is -0.384. The highest BCUT2D eigenvalue weighted by Crippen LogP contribution is 2.27. The summed E-state index contributed by atoms with van der Waals surface area (Å²) in [6.45, 7) is 0.493. The zero-order chi connectivity index (χ0) is 19.8.